The zero-order valence-electron chi connectivity index (χ0n) is 12.7. The van der Waals surface area contributed by atoms with Crippen LogP contribution in [0.3, 0.4) is 0 Å². The van der Waals surface area contributed by atoms with Crippen molar-refractivity contribution in [2.45, 2.75) is 45.1 Å². The molecule has 2 N–H and O–H groups in total. The van der Waals surface area contributed by atoms with E-state index >= 15 is 0 Å². The highest BCUT2D eigenvalue weighted by Gasteiger charge is 2.08. The number of hydrogen-bond acceptors (Lipinski definition) is 3. The number of rotatable bonds is 10. The first kappa shape index (κ1) is 16.6. The van der Waals surface area contributed by atoms with Gasteiger partial charge in [-0.1, -0.05) is 6.08 Å². The Hall–Kier alpha value is -1.48. The minimum Gasteiger partial charge on any atom is -0.497 e. The summed E-state index contributed by atoms with van der Waals surface area (Å²) in [7, 11) is 1.67. The van der Waals surface area contributed by atoms with Crippen molar-refractivity contribution in [3.05, 3.63) is 36.4 Å². The van der Waals surface area contributed by atoms with Gasteiger partial charge in [0.2, 0.25) is 0 Å². The molecule has 0 aliphatic rings. The van der Waals surface area contributed by atoms with E-state index in [1.54, 1.807) is 7.11 Å². The van der Waals surface area contributed by atoms with Crippen LogP contribution < -0.4 is 15.2 Å². The Balaban J connectivity index is 2.52. The molecule has 0 bridgehead atoms. The summed E-state index contributed by atoms with van der Waals surface area (Å²) in [4.78, 5) is 0. The van der Waals surface area contributed by atoms with E-state index in [9.17, 15) is 0 Å². The van der Waals surface area contributed by atoms with Crippen molar-refractivity contribution in [3.8, 4) is 11.5 Å². The zero-order valence-corrected chi connectivity index (χ0v) is 12.7. The number of methoxy groups -OCH3 is 1. The molecule has 0 aromatic heterocycles. The molecule has 1 atom stereocenters. The molecule has 0 aliphatic carbocycles. The Morgan fingerprint density at radius 3 is 2.75 bits per heavy atom. The molecular formula is C17H27NO2. The van der Waals surface area contributed by atoms with Gasteiger partial charge in [0.15, 0.2) is 0 Å². The summed E-state index contributed by atoms with van der Waals surface area (Å²) in [5.41, 5.74) is 7.00. The molecular weight excluding hydrogens is 250 g/mol. The van der Waals surface area contributed by atoms with Crippen molar-refractivity contribution in [2.75, 3.05) is 13.7 Å². The lowest BCUT2D eigenvalue weighted by molar-refractivity contribution is 0.301. The first-order valence-electron chi connectivity index (χ1n) is 7.33. The maximum absolute atomic E-state index is 5.89. The Morgan fingerprint density at radius 2 is 2.10 bits per heavy atom. The minimum atomic E-state index is 0.108. The summed E-state index contributed by atoms with van der Waals surface area (Å²) in [5.74, 6) is 1.77. The maximum Gasteiger partial charge on any atom is 0.122 e. The van der Waals surface area contributed by atoms with E-state index in [4.69, 9.17) is 15.2 Å². The quantitative estimate of drug-likeness (QED) is 0.524. The van der Waals surface area contributed by atoms with Gasteiger partial charge in [-0.15, -0.1) is 6.58 Å². The monoisotopic (exact) mass is 277 g/mol. The van der Waals surface area contributed by atoms with Crippen LogP contribution in [0.2, 0.25) is 0 Å². The average molecular weight is 277 g/mol. The van der Waals surface area contributed by atoms with Crippen molar-refractivity contribution < 1.29 is 9.47 Å². The number of allylic oxidation sites excluding steroid dienone is 1. The topological polar surface area (TPSA) is 44.5 Å². The van der Waals surface area contributed by atoms with Crippen molar-refractivity contribution in [2.24, 2.45) is 5.73 Å². The zero-order chi connectivity index (χ0) is 14.8. The van der Waals surface area contributed by atoms with Gasteiger partial charge >= 0.3 is 0 Å². The lowest BCUT2D eigenvalue weighted by Crippen LogP contribution is -2.18. The largest absolute Gasteiger partial charge is 0.497 e. The molecule has 3 heteroatoms. The SMILES string of the molecule is C=CCCCCCOc1ccc(OC)cc1CC(C)N. The molecule has 0 fully saturated rings. The van der Waals surface area contributed by atoms with Crippen LogP contribution in [0, 0.1) is 0 Å². The van der Waals surface area contributed by atoms with Crippen LogP contribution >= 0.6 is 0 Å². The van der Waals surface area contributed by atoms with Crippen molar-refractivity contribution >= 4 is 0 Å². The van der Waals surface area contributed by atoms with E-state index < -0.39 is 0 Å². The van der Waals surface area contributed by atoms with Crippen LogP contribution in [0.5, 0.6) is 11.5 Å². The van der Waals surface area contributed by atoms with Gasteiger partial charge in [-0.3, -0.25) is 0 Å². The van der Waals surface area contributed by atoms with E-state index in [1.807, 2.05) is 31.2 Å². The van der Waals surface area contributed by atoms with Crippen molar-refractivity contribution in [3.63, 3.8) is 0 Å². The van der Waals surface area contributed by atoms with Crippen LogP contribution in [0.4, 0.5) is 0 Å². The highest BCUT2D eigenvalue weighted by molar-refractivity contribution is 5.40. The molecule has 0 saturated carbocycles. The Bertz CT molecular complexity index is 402. The standard InChI is InChI=1S/C17H27NO2/c1-4-5-6-7-8-11-20-17-10-9-16(19-3)13-15(17)12-14(2)18/h4,9-10,13-14H,1,5-8,11-12,18H2,2-3H3. The molecule has 1 rings (SSSR count). The second-order valence-corrected chi connectivity index (χ2v) is 5.14. The fourth-order valence-corrected chi connectivity index (χ4v) is 2.08. The van der Waals surface area contributed by atoms with Gasteiger partial charge < -0.3 is 15.2 Å². The Kier molecular flexibility index (Phi) is 7.81. The summed E-state index contributed by atoms with van der Waals surface area (Å²) >= 11 is 0. The molecule has 0 amide bonds. The third-order valence-electron chi connectivity index (χ3n) is 3.12. The third-order valence-corrected chi connectivity index (χ3v) is 3.12. The second kappa shape index (κ2) is 9.43. The molecule has 0 saturated heterocycles. The number of ether oxygens (including phenoxy) is 2. The van der Waals surface area contributed by atoms with Crippen LogP contribution in [-0.2, 0) is 6.42 Å². The van der Waals surface area contributed by atoms with Gasteiger partial charge in [0, 0.05) is 6.04 Å². The van der Waals surface area contributed by atoms with Gasteiger partial charge in [-0.2, -0.15) is 0 Å². The maximum atomic E-state index is 5.89. The van der Waals surface area contributed by atoms with Crippen LogP contribution in [0.1, 0.15) is 38.2 Å². The number of unbranched alkanes of at least 4 members (excludes halogenated alkanes) is 3. The highest BCUT2D eigenvalue weighted by Crippen LogP contribution is 2.25. The van der Waals surface area contributed by atoms with E-state index in [0.717, 1.165) is 42.9 Å². The number of hydrogen-bond donors (Lipinski definition) is 1. The molecule has 0 spiro atoms. The smallest absolute Gasteiger partial charge is 0.122 e. The summed E-state index contributed by atoms with van der Waals surface area (Å²) < 4.78 is 11.1. The molecule has 20 heavy (non-hydrogen) atoms. The first-order chi connectivity index (χ1) is 9.67. The van der Waals surface area contributed by atoms with Crippen molar-refractivity contribution in [1.29, 1.82) is 0 Å². The average Bonchev–Trinajstić information content (AvgIpc) is 2.43. The first-order valence-corrected chi connectivity index (χ1v) is 7.33. The van der Waals surface area contributed by atoms with Gasteiger partial charge in [-0.25, -0.2) is 0 Å². The van der Waals surface area contributed by atoms with Gasteiger partial charge in [-0.05, 0) is 62.8 Å². The Morgan fingerprint density at radius 1 is 1.30 bits per heavy atom. The van der Waals surface area contributed by atoms with E-state index in [0.29, 0.717) is 0 Å². The normalized spacial score (nSPS) is 11.9. The van der Waals surface area contributed by atoms with Crippen molar-refractivity contribution in [1.82, 2.24) is 0 Å². The summed E-state index contributed by atoms with van der Waals surface area (Å²) in [6.45, 7) is 6.47. The molecule has 0 heterocycles. The third kappa shape index (κ3) is 6.11. The molecule has 0 aliphatic heterocycles. The highest BCUT2D eigenvalue weighted by atomic mass is 16.5. The molecule has 1 unspecified atom stereocenters. The summed E-state index contributed by atoms with van der Waals surface area (Å²) in [6, 6.07) is 6.02. The lowest BCUT2D eigenvalue weighted by atomic mass is 10.1. The fourth-order valence-electron chi connectivity index (χ4n) is 2.08. The summed E-state index contributed by atoms with van der Waals surface area (Å²) in [6.07, 6.45) is 7.26. The van der Waals surface area contributed by atoms with E-state index in [-0.39, 0.29) is 6.04 Å². The lowest BCUT2D eigenvalue weighted by Gasteiger charge is -2.14. The second-order valence-electron chi connectivity index (χ2n) is 5.14. The number of nitrogens with two attached hydrogens (primary N) is 1. The predicted octanol–water partition coefficient (Wildman–Crippen LogP) is 3.71. The molecule has 0 radical (unpaired) electrons. The predicted molar refractivity (Wildman–Crippen MR) is 84.5 cm³/mol. The van der Waals surface area contributed by atoms with Crippen LogP contribution in [0.25, 0.3) is 0 Å². The molecule has 3 nitrogen and oxygen atoms in total. The van der Waals surface area contributed by atoms with Gasteiger partial charge in [0.25, 0.3) is 0 Å². The Labute approximate surface area is 122 Å². The van der Waals surface area contributed by atoms with Gasteiger partial charge in [0.1, 0.15) is 11.5 Å². The molecule has 1 aromatic carbocycles. The van der Waals surface area contributed by atoms with E-state index in [2.05, 4.69) is 6.58 Å². The number of benzene rings is 1. The van der Waals surface area contributed by atoms with Gasteiger partial charge in [0.05, 0.1) is 13.7 Å². The van der Waals surface area contributed by atoms with Crippen LogP contribution in [0.15, 0.2) is 30.9 Å². The molecule has 1 aromatic rings. The minimum absolute atomic E-state index is 0.108. The van der Waals surface area contributed by atoms with E-state index in [1.165, 1.54) is 12.8 Å². The van der Waals surface area contributed by atoms with Crippen LogP contribution in [-0.4, -0.2) is 19.8 Å². The molecule has 112 valence electrons. The fraction of sp³-hybridized carbons (Fsp3) is 0.529. The summed E-state index contributed by atoms with van der Waals surface area (Å²) in [5, 5.41) is 0.